The maximum absolute atomic E-state index is 12.1. The predicted molar refractivity (Wildman–Crippen MR) is 92.3 cm³/mol. The van der Waals surface area contributed by atoms with Crippen LogP contribution in [0, 0.1) is 0 Å². The molecule has 0 radical (unpaired) electrons. The fourth-order valence-corrected chi connectivity index (χ4v) is 2.38. The van der Waals surface area contributed by atoms with Crippen molar-refractivity contribution in [3.05, 3.63) is 42.5 Å². The molecule has 2 aromatic rings. The summed E-state index contributed by atoms with van der Waals surface area (Å²) in [6.45, 7) is 0.164. The highest BCUT2D eigenvalue weighted by Crippen LogP contribution is 2.30. The average Bonchev–Trinajstić information content (AvgIpc) is 2.80. The third kappa shape index (κ3) is 4.20. The largest absolute Gasteiger partial charge is 0.493 e. The van der Waals surface area contributed by atoms with Crippen LogP contribution in [0.15, 0.2) is 42.5 Å². The Morgan fingerprint density at radius 3 is 2.84 bits per heavy atom. The second-order valence-corrected chi connectivity index (χ2v) is 5.35. The molecule has 1 heterocycles. The van der Waals surface area contributed by atoms with Crippen LogP contribution in [0.5, 0.6) is 17.2 Å². The molecule has 0 fully saturated rings. The maximum atomic E-state index is 12.1. The topological polar surface area (TPSA) is 85.9 Å². The summed E-state index contributed by atoms with van der Waals surface area (Å²) in [5.74, 6) is 1.17. The van der Waals surface area contributed by atoms with Crippen molar-refractivity contribution < 1.29 is 23.8 Å². The summed E-state index contributed by atoms with van der Waals surface area (Å²) >= 11 is 0. The maximum Gasteiger partial charge on any atom is 0.262 e. The molecule has 2 amide bonds. The van der Waals surface area contributed by atoms with Crippen molar-refractivity contribution in [1.82, 2.24) is 0 Å². The van der Waals surface area contributed by atoms with Crippen molar-refractivity contribution in [2.45, 2.75) is 6.42 Å². The molecule has 0 aliphatic carbocycles. The Hall–Kier alpha value is -3.22. The van der Waals surface area contributed by atoms with Crippen LogP contribution in [0.1, 0.15) is 6.42 Å². The van der Waals surface area contributed by atoms with Crippen molar-refractivity contribution >= 4 is 23.2 Å². The highest BCUT2D eigenvalue weighted by atomic mass is 16.5. The first-order valence-corrected chi connectivity index (χ1v) is 7.78. The van der Waals surface area contributed by atoms with Gasteiger partial charge in [0.1, 0.15) is 5.75 Å². The van der Waals surface area contributed by atoms with Crippen LogP contribution in [0.2, 0.25) is 0 Å². The zero-order valence-electron chi connectivity index (χ0n) is 13.7. The first kappa shape index (κ1) is 16.6. The second kappa shape index (κ2) is 7.57. The van der Waals surface area contributed by atoms with Crippen molar-refractivity contribution in [3.63, 3.8) is 0 Å². The van der Waals surface area contributed by atoms with Gasteiger partial charge < -0.3 is 24.8 Å². The lowest BCUT2D eigenvalue weighted by atomic mass is 10.2. The minimum Gasteiger partial charge on any atom is -0.493 e. The molecule has 1 aliphatic heterocycles. The molecule has 2 N–H and O–H groups in total. The highest BCUT2D eigenvalue weighted by molar-refractivity contribution is 5.96. The zero-order valence-corrected chi connectivity index (χ0v) is 13.7. The van der Waals surface area contributed by atoms with E-state index in [1.165, 1.54) is 7.11 Å². The molecular formula is C18H18N2O5. The van der Waals surface area contributed by atoms with E-state index in [0.29, 0.717) is 41.7 Å². The first-order chi connectivity index (χ1) is 12.2. The molecule has 0 atom stereocenters. The summed E-state index contributed by atoms with van der Waals surface area (Å²) in [6, 6.07) is 12.2. The Morgan fingerprint density at radius 1 is 1.24 bits per heavy atom. The van der Waals surface area contributed by atoms with E-state index in [1.54, 1.807) is 36.4 Å². The van der Waals surface area contributed by atoms with Crippen LogP contribution < -0.4 is 24.8 Å². The molecule has 7 heteroatoms. The third-order valence-electron chi connectivity index (χ3n) is 3.55. The van der Waals surface area contributed by atoms with E-state index >= 15 is 0 Å². The van der Waals surface area contributed by atoms with Gasteiger partial charge in [0.25, 0.3) is 5.91 Å². The lowest BCUT2D eigenvalue weighted by molar-refractivity contribution is -0.118. The SMILES string of the molecule is COc1ccccc1OCC(=O)Nc1ccc2c(c1)NC(=O)CCO2. The minimum absolute atomic E-state index is 0.123. The van der Waals surface area contributed by atoms with Crippen LogP contribution in [0.4, 0.5) is 11.4 Å². The number of methoxy groups -OCH3 is 1. The van der Waals surface area contributed by atoms with Crippen molar-refractivity contribution in [2.24, 2.45) is 0 Å². The Balaban J connectivity index is 1.62. The van der Waals surface area contributed by atoms with E-state index in [2.05, 4.69) is 10.6 Å². The Morgan fingerprint density at radius 2 is 2.04 bits per heavy atom. The molecule has 0 unspecified atom stereocenters. The van der Waals surface area contributed by atoms with E-state index in [1.807, 2.05) is 6.07 Å². The first-order valence-electron chi connectivity index (χ1n) is 7.78. The summed E-state index contributed by atoms with van der Waals surface area (Å²) in [5.41, 5.74) is 1.07. The molecule has 0 bridgehead atoms. The van der Waals surface area contributed by atoms with Gasteiger partial charge in [-0.25, -0.2) is 0 Å². The van der Waals surface area contributed by atoms with Crippen LogP contribution in [0.25, 0.3) is 0 Å². The van der Waals surface area contributed by atoms with Crippen LogP contribution in [-0.4, -0.2) is 32.1 Å². The number of benzene rings is 2. The summed E-state index contributed by atoms with van der Waals surface area (Å²) in [4.78, 5) is 23.7. The van der Waals surface area contributed by atoms with Gasteiger partial charge in [0, 0.05) is 5.69 Å². The Labute approximate surface area is 144 Å². The molecule has 0 aromatic heterocycles. The number of amides is 2. The van der Waals surface area contributed by atoms with Gasteiger partial charge in [-0.1, -0.05) is 12.1 Å². The van der Waals surface area contributed by atoms with Gasteiger partial charge in [0.15, 0.2) is 18.1 Å². The smallest absolute Gasteiger partial charge is 0.262 e. The zero-order chi connectivity index (χ0) is 17.6. The predicted octanol–water partition coefficient (Wildman–Crippen LogP) is 2.43. The fourth-order valence-electron chi connectivity index (χ4n) is 2.38. The standard InChI is InChI=1S/C18H18N2O5/c1-23-15-4-2-3-5-16(15)25-11-18(22)19-12-6-7-14-13(10-12)20-17(21)8-9-24-14/h2-7,10H,8-9,11H2,1H3,(H,19,22)(H,20,21). The lowest BCUT2D eigenvalue weighted by Gasteiger charge is -2.12. The summed E-state index contributed by atoms with van der Waals surface area (Å²) in [6.07, 6.45) is 0.295. The van der Waals surface area contributed by atoms with E-state index in [4.69, 9.17) is 14.2 Å². The van der Waals surface area contributed by atoms with Crippen LogP contribution in [-0.2, 0) is 9.59 Å². The number of rotatable bonds is 5. The number of hydrogen-bond acceptors (Lipinski definition) is 5. The van der Waals surface area contributed by atoms with Crippen LogP contribution in [0.3, 0.4) is 0 Å². The van der Waals surface area contributed by atoms with E-state index in [-0.39, 0.29) is 18.4 Å². The molecule has 3 rings (SSSR count). The van der Waals surface area contributed by atoms with Crippen LogP contribution >= 0.6 is 0 Å². The molecule has 25 heavy (non-hydrogen) atoms. The Kier molecular flexibility index (Phi) is 5.03. The Bertz CT molecular complexity index is 791. The van der Waals surface area contributed by atoms with Gasteiger partial charge in [-0.2, -0.15) is 0 Å². The normalized spacial score (nSPS) is 12.9. The third-order valence-corrected chi connectivity index (χ3v) is 3.55. The molecule has 0 spiro atoms. The molecule has 130 valence electrons. The number of ether oxygens (including phenoxy) is 3. The number of carbonyl (C=O) groups is 2. The number of hydrogen-bond donors (Lipinski definition) is 2. The van der Waals surface area contributed by atoms with Crippen molar-refractivity contribution in [3.8, 4) is 17.2 Å². The van der Waals surface area contributed by atoms with Gasteiger partial charge >= 0.3 is 0 Å². The molecule has 0 saturated heterocycles. The van der Waals surface area contributed by atoms with E-state index in [0.717, 1.165) is 0 Å². The second-order valence-electron chi connectivity index (χ2n) is 5.35. The molecule has 0 saturated carbocycles. The van der Waals surface area contributed by atoms with E-state index < -0.39 is 0 Å². The number of carbonyl (C=O) groups excluding carboxylic acids is 2. The molecule has 1 aliphatic rings. The van der Waals surface area contributed by atoms with Crippen molar-refractivity contribution in [1.29, 1.82) is 0 Å². The highest BCUT2D eigenvalue weighted by Gasteiger charge is 2.15. The van der Waals surface area contributed by atoms with Gasteiger partial charge in [-0.05, 0) is 30.3 Å². The molecule has 7 nitrogen and oxygen atoms in total. The molecular weight excluding hydrogens is 324 g/mol. The fraction of sp³-hybridized carbons (Fsp3) is 0.222. The van der Waals surface area contributed by atoms with Crippen molar-refractivity contribution in [2.75, 3.05) is 31.0 Å². The number of nitrogens with one attached hydrogen (secondary N) is 2. The number of para-hydroxylation sites is 2. The lowest BCUT2D eigenvalue weighted by Crippen LogP contribution is -2.20. The summed E-state index contributed by atoms with van der Waals surface area (Å²) < 4.78 is 16.1. The summed E-state index contributed by atoms with van der Waals surface area (Å²) in [5, 5.41) is 5.47. The van der Waals surface area contributed by atoms with Gasteiger partial charge in [-0.15, -0.1) is 0 Å². The van der Waals surface area contributed by atoms with E-state index in [9.17, 15) is 9.59 Å². The minimum atomic E-state index is -0.327. The summed E-state index contributed by atoms with van der Waals surface area (Å²) in [7, 11) is 1.54. The molecule has 2 aromatic carbocycles. The number of anilines is 2. The average molecular weight is 342 g/mol. The number of fused-ring (bicyclic) bond motifs is 1. The monoisotopic (exact) mass is 342 g/mol. The van der Waals surface area contributed by atoms with Gasteiger partial charge in [0.05, 0.1) is 25.8 Å². The quantitative estimate of drug-likeness (QED) is 0.872. The van der Waals surface area contributed by atoms with Gasteiger partial charge in [0.2, 0.25) is 5.91 Å². The van der Waals surface area contributed by atoms with Gasteiger partial charge in [-0.3, -0.25) is 9.59 Å².